The van der Waals surface area contributed by atoms with Gasteiger partial charge in [0.2, 0.25) is 0 Å². The van der Waals surface area contributed by atoms with E-state index in [1.807, 2.05) is 19.1 Å². The first kappa shape index (κ1) is 14.5. The predicted molar refractivity (Wildman–Crippen MR) is 80.5 cm³/mol. The summed E-state index contributed by atoms with van der Waals surface area (Å²) in [5.74, 6) is 0. The van der Waals surface area contributed by atoms with Gasteiger partial charge in [-0.05, 0) is 37.5 Å². The molecule has 1 saturated carbocycles. The molecule has 0 heterocycles. The second-order valence-corrected chi connectivity index (χ2v) is 6.15. The van der Waals surface area contributed by atoms with E-state index < -0.39 is 0 Å². The van der Waals surface area contributed by atoms with Crippen LogP contribution in [0.2, 0.25) is 0 Å². The van der Waals surface area contributed by atoms with Gasteiger partial charge >= 0.3 is 0 Å². The Hall–Kier alpha value is -0.890. The highest BCUT2D eigenvalue weighted by molar-refractivity contribution is 9.10. The monoisotopic (exact) mass is 321 g/mol. The van der Waals surface area contributed by atoms with Gasteiger partial charge in [0.1, 0.15) is 0 Å². The lowest BCUT2D eigenvalue weighted by molar-refractivity contribution is 0.170. The van der Waals surface area contributed by atoms with Crippen molar-refractivity contribution >= 4 is 15.9 Å². The highest BCUT2D eigenvalue weighted by atomic mass is 79.9. The van der Waals surface area contributed by atoms with E-state index in [9.17, 15) is 0 Å². The zero-order valence-corrected chi connectivity index (χ0v) is 12.8. The molecule has 1 aliphatic rings. The fraction of sp³-hybridized carbons (Fsp3) is 0.533. The van der Waals surface area contributed by atoms with Crippen molar-refractivity contribution in [1.82, 2.24) is 4.90 Å². The molecule has 0 spiro atoms. The lowest BCUT2D eigenvalue weighted by Gasteiger charge is -2.34. The summed E-state index contributed by atoms with van der Waals surface area (Å²) in [6.07, 6.45) is 3.01. The van der Waals surface area contributed by atoms with E-state index >= 15 is 0 Å². The molecule has 0 bridgehead atoms. The summed E-state index contributed by atoms with van der Waals surface area (Å²) in [5, 5.41) is 8.84. The van der Waals surface area contributed by atoms with Gasteiger partial charge in [0.05, 0.1) is 6.07 Å². The Morgan fingerprint density at radius 1 is 1.53 bits per heavy atom. The fourth-order valence-electron chi connectivity index (χ4n) is 2.62. The molecule has 1 aliphatic carbocycles. The van der Waals surface area contributed by atoms with Crippen LogP contribution in [0.3, 0.4) is 0 Å². The number of benzene rings is 1. The molecule has 1 aromatic carbocycles. The van der Waals surface area contributed by atoms with Crippen LogP contribution in [0.25, 0.3) is 0 Å². The molecule has 102 valence electrons. The summed E-state index contributed by atoms with van der Waals surface area (Å²) in [5.41, 5.74) is 7.45. The van der Waals surface area contributed by atoms with Gasteiger partial charge < -0.3 is 5.73 Å². The molecule has 19 heavy (non-hydrogen) atoms. The van der Waals surface area contributed by atoms with E-state index in [4.69, 9.17) is 11.0 Å². The van der Waals surface area contributed by atoms with Gasteiger partial charge in [0.25, 0.3) is 0 Å². The van der Waals surface area contributed by atoms with Gasteiger partial charge in [0, 0.05) is 35.6 Å². The Kier molecular flexibility index (Phi) is 4.98. The maximum absolute atomic E-state index is 8.84. The van der Waals surface area contributed by atoms with Crippen LogP contribution in [0.15, 0.2) is 28.7 Å². The number of halogens is 1. The van der Waals surface area contributed by atoms with Crippen molar-refractivity contribution in [2.24, 2.45) is 5.73 Å². The maximum Gasteiger partial charge on any atom is 0.0635 e. The Morgan fingerprint density at radius 2 is 2.26 bits per heavy atom. The molecule has 0 radical (unpaired) electrons. The Labute approximate surface area is 123 Å². The molecule has 0 saturated heterocycles. The summed E-state index contributed by atoms with van der Waals surface area (Å²) < 4.78 is 1.08. The van der Waals surface area contributed by atoms with Gasteiger partial charge in [-0.2, -0.15) is 5.26 Å². The average Bonchev–Trinajstić information content (AvgIpc) is 3.18. The molecule has 2 atom stereocenters. The first-order chi connectivity index (χ1) is 9.13. The minimum atomic E-state index is 0.0496. The van der Waals surface area contributed by atoms with E-state index in [1.54, 1.807) is 0 Å². The Balaban J connectivity index is 2.24. The van der Waals surface area contributed by atoms with Crippen molar-refractivity contribution in [3.8, 4) is 6.07 Å². The van der Waals surface area contributed by atoms with Gasteiger partial charge in [-0.1, -0.05) is 28.1 Å². The number of nitriles is 1. The lowest BCUT2D eigenvalue weighted by atomic mass is 9.98. The quantitative estimate of drug-likeness (QED) is 0.875. The van der Waals surface area contributed by atoms with Crippen LogP contribution < -0.4 is 5.73 Å². The number of hydrogen-bond acceptors (Lipinski definition) is 3. The molecule has 2 rings (SSSR count). The summed E-state index contributed by atoms with van der Waals surface area (Å²) >= 11 is 3.52. The Bertz CT molecular complexity index is 463. The number of nitrogens with two attached hydrogens (primary N) is 1. The van der Waals surface area contributed by atoms with E-state index in [1.165, 1.54) is 18.4 Å². The maximum atomic E-state index is 8.84. The van der Waals surface area contributed by atoms with E-state index in [0.717, 1.165) is 11.0 Å². The zero-order valence-electron chi connectivity index (χ0n) is 11.2. The second kappa shape index (κ2) is 6.51. The third kappa shape index (κ3) is 3.79. The third-order valence-electron chi connectivity index (χ3n) is 3.54. The number of rotatable bonds is 6. The molecule has 1 aromatic rings. The van der Waals surface area contributed by atoms with Crippen LogP contribution >= 0.6 is 15.9 Å². The number of hydrogen-bond donors (Lipinski definition) is 1. The summed E-state index contributed by atoms with van der Waals surface area (Å²) in [6.45, 7) is 2.85. The van der Waals surface area contributed by atoms with Crippen LogP contribution in [0.5, 0.6) is 0 Å². The zero-order chi connectivity index (χ0) is 13.8. The first-order valence-electron chi connectivity index (χ1n) is 6.77. The van der Waals surface area contributed by atoms with Crippen LogP contribution in [0, 0.1) is 11.3 Å². The average molecular weight is 322 g/mol. The molecule has 2 N–H and O–H groups in total. The van der Waals surface area contributed by atoms with E-state index in [2.05, 4.69) is 39.0 Å². The number of nitrogens with zero attached hydrogens (tertiary/aromatic N) is 2. The van der Waals surface area contributed by atoms with Crippen molar-refractivity contribution < 1.29 is 0 Å². The minimum Gasteiger partial charge on any atom is -0.326 e. The van der Waals surface area contributed by atoms with Crippen LogP contribution in [0.4, 0.5) is 0 Å². The molecule has 0 aliphatic heterocycles. The first-order valence-corrected chi connectivity index (χ1v) is 7.56. The molecule has 3 nitrogen and oxygen atoms in total. The smallest absolute Gasteiger partial charge is 0.0635 e. The molecular formula is C15H20BrN3. The third-order valence-corrected chi connectivity index (χ3v) is 4.04. The molecule has 0 aromatic heterocycles. The van der Waals surface area contributed by atoms with Gasteiger partial charge in [-0.25, -0.2) is 0 Å². The molecule has 0 amide bonds. The van der Waals surface area contributed by atoms with Crippen molar-refractivity contribution in [2.75, 3.05) is 6.54 Å². The van der Waals surface area contributed by atoms with Gasteiger partial charge in [-0.15, -0.1) is 0 Å². The predicted octanol–water partition coefficient (Wildman–Crippen LogP) is 3.22. The summed E-state index contributed by atoms with van der Waals surface area (Å²) in [7, 11) is 0. The summed E-state index contributed by atoms with van der Waals surface area (Å²) in [6, 6.07) is 11.4. The van der Waals surface area contributed by atoms with Gasteiger partial charge in [-0.3, -0.25) is 4.90 Å². The SMILES string of the molecule is CC(N)C(c1cccc(Br)c1)N(CCC#N)C1CC1. The summed E-state index contributed by atoms with van der Waals surface area (Å²) in [4.78, 5) is 2.41. The molecule has 4 heteroatoms. The van der Waals surface area contributed by atoms with E-state index in [-0.39, 0.29) is 12.1 Å². The Morgan fingerprint density at radius 3 is 2.79 bits per heavy atom. The largest absolute Gasteiger partial charge is 0.326 e. The topological polar surface area (TPSA) is 53.0 Å². The van der Waals surface area contributed by atoms with Crippen LogP contribution in [0.1, 0.15) is 37.8 Å². The van der Waals surface area contributed by atoms with Crippen LogP contribution in [-0.2, 0) is 0 Å². The van der Waals surface area contributed by atoms with Crippen molar-refractivity contribution in [1.29, 1.82) is 5.26 Å². The van der Waals surface area contributed by atoms with Crippen LogP contribution in [-0.4, -0.2) is 23.5 Å². The fourth-order valence-corrected chi connectivity index (χ4v) is 3.04. The minimum absolute atomic E-state index is 0.0496. The normalized spacial score (nSPS) is 18.1. The van der Waals surface area contributed by atoms with Gasteiger partial charge in [0.15, 0.2) is 0 Å². The standard InChI is InChI=1S/C15H20BrN3/c1-11(18)15(12-4-2-5-13(16)10-12)19(9-3-8-17)14-6-7-14/h2,4-5,10-11,14-15H,3,6-7,9,18H2,1H3. The molecular weight excluding hydrogens is 302 g/mol. The highest BCUT2D eigenvalue weighted by Gasteiger charge is 2.35. The second-order valence-electron chi connectivity index (χ2n) is 5.24. The van der Waals surface area contributed by atoms with E-state index in [0.29, 0.717) is 12.5 Å². The van der Waals surface area contributed by atoms with Crippen molar-refractivity contribution in [3.05, 3.63) is 34.3 Å². The highest BCUT2D eigenvalue weighted by Crippen LogP contribution is 2.36. The lowest BCUT2D eigenvalue weighted by Crippen LogP contribution is -2.41. The van der Waals surface area contributed by atoms with Crippen molar-refractivity contribution in [2.45, 2.75) is 44.3 Å². The molecule has 2 unspecified atom stereocenters. The molecule has 1 fully saturated rings. The van der Waals surface area contributed by atoms with Crippen molar-refractivity contribution in [3.63, 3.8) is 0 Å².